The number of benzene rings is 1. The lowest BCUT2D eigenvalue weighted by atomic mass is 10.2. The molecule has 0 heterocycles. The van der Waals surface area contributed by atoms with Gasteiger partial charge >= 0.3 is 0 Å². The van der Waals surface area contributed by atoms with E-state index in [1.54, 1.807) is 14.2 Å². The predicted molar refractivity (Wildman–Crippen MR) is 67.0 cm³/mol. The molecule has 0 aliphatic rings. The fourth-order valence-electron chi connectivity index (χ4n) is 1.50. The Bertz CT molecular complexity index is 329. The van der Waals surface area contributed by atoms with Gasteiger partial charge in [-0.3, -0.25) is 0 Å². The molecule has 0 radical (unpaired) electrons. The minimum absolute atomic E-state index is 0.304. The number of hydrogen-bond donors (Lipinski definition) is 2. The van der Waals surface area contributed by atoms with Crippen LogP contribution in [0, 0.1) is 0 Å². The first-order valence-corrected chi connectivity index (χ1v) is 5.40. The molecule has 1 aromatic carbocycles. The Labute approximate surface area is 96.7 Å². The Kier molecular flexibility index (Phi) is 4.92. The van der Waals surface area contributed by atoms with Crippen molar-refractivity contribution in [3.05, 3.63) is 18.2 Å². The van der Waals surface area contributed by atoms with E-state index < -0.39 is 0 Å². The van der Waals surface area contributed by atoms with E-state index in [-0.39, 0.29) is 0 Å². The van der Waals surface area contributed by atoms with Crippen LogP contribution < -0.4 is 15.8 Å². The highest BCUT2D eigenvalue weighted by Gasteiger charge is 2.07. The average Bonchev–Trinajstić information content (AvgIpc) is 2.30. The summed E-state index contributed by atoms with van der Waals surface area (Å²) in [6, 6.07) is 5.98. The quantitative estimate of drug-likeness (QED) is 0.727. The number of methoxy groups -OCH3 is 2. The van der Waals surface area contributed by atoms with Gasteiger partial charge in [-0.2, -0.15) is 0 Å². The molecule has 0 aromatic heterocycles. The lowest BCUT2D eigenvalue weighted by molar-refractivity contribution is 0.184. The molecule has 0 saturated carbocycles. The summed E-state index contributed by atoms with van der Waals surface area (Å²) in [6.45, 7) is 2.80. The number of nitrogens with two attached hydrogens (primary N) is 1. The van der Waals surface area contributed by atoms with Gasteiger partial charge < -0.3 is 20.5 Å². The molecule has 3 N–H and O–H groups in total. The summed E-state index contributed by atoms with van der Waals surface area (Å²) in [7, 11) is 3.32. The van der Waals surface area contributed by atoms with Crippen molar-refractivity contribution in [2.24, 2.45) is 0 Å². The highest BCUT2D eigenvalue weighted by atomic mass is 16.5. The molecular weight excluding hydrogens is 204 g/mol. The summed E-state index contributed by atoms with van der Waals surface area (Å²) < 4.78 is 10.3. The van der Waals surface area contributed by atoms with Crippen LogP contribution in [-0.2, 0) is 4.74 Å². The van der Waals surface area contributed by atoms with E-state index in [0.717, 1.165) is 12.1 Å². The van der Waals surface area contributed by atoms with Gasteiger partial charge in [0.15, 0.2) is 0 Å². The minimum Gasteiger partial charge on any atom is -0.495 e. The van der Waals surface area contributed by atoms with E-state index in [2.05, 4.69) is 12.2 Å². The van der Waals surface area contributed by atoms with E-state index in [1.807, 2.05) is 18.2 Å². The van der Waals surface area contributed by atoms with Crippen molar-refractivity contribution < 1.29 is 9.47 Å². The first-order valence-electron chi connectivity index (χ1n) is 5.40. The summed E-state index contributed by atoms with van der Waals surface area (Å²) in [4.78, 5) is 0. The second-order valence-electron chi connectivity index (χ2n) is 3.66. The van der Waals surface area contributed by atoms with E-state index in [4.69, 9.17) is 15.2 Å². The molecule has 16 heavy (non-hydrogen) atoms. The minimum atomic E-state index is 0.304. The van der Waals surface area contributed by atoms with Gasteiger partial charge in [-0.25, -0.2) is 0 Å². The number of rotatable bonds is 6. The Balaban J connectivity index is 2.72. The zero-order chi connectivity index (χ0) is 12.0. The molecule has 1 atom stereocenters. The Morgan fingerprint density at radius 3 is 2.69 bits per heavy atom. The normalized spacial score (nSPS) is 12.2. The number of nitrogen functional groups attached to an aromatic ring is 1. The standard InChI is InChI=1S/C12H20N2O2/c1-4-9(8-15-2)14-10-5-6-11(13)12(7-10)16-3/h5-7,9,14H,4,8,13H2,1-3H3. The summed E-state index contributed by atoms with van der Waals surface area (Å²) >= 11 is 0. The van der Waals surface area contributed by atoms with Gasteiger partial charge in [-0.1, -0.05) is 6.92 Å². The highest BCUT2D eigenvalue weighted by Crippen LogP contribution is 2.25. The maximum atomic E-state index is 5.74. The van der Waals surface area contributed by atoms with Gasteiger partial charge in [0, 0.05) is 24.9 Å². The van der Waals surface area contributed by atoms with E-state index >= 15 is 0 Å². The Morgan fingerprint density at radius 2 is 2.12 bits per heavy atom. The van der Waals surface area contributed by atoms with Crippen LogP contribution in [0.25, 0.3) is 0 Å². The zero-order valence-electron chi connectivity index (χ0n) is 10.1. The van der Waals surface area contributed by atoms with Crippen LogP contribution >= 0.6 is 0 Å². The van der Waals surface area contributed by atoms with Crippen molar-refractivity contribution in [1.82, 2.24) is 0 Å². The third-order valence-electron chi connectivity index (χ3n) is 2.46. The van der Waals surface area contributed by atoms with Crippen molar-refractivity contribution in [1.29, 1.82) is 0 Å². The first kappa shape index (κ1) is 12.6. The van der Waals surface area contributed by atoms with Crippen molar-refractivity contribution in [3.63, 3.8) is 0 Å². The molecule has 0 aliphatic carbocycles. The molecule has 0 spiro atoms. The smallest absolute Gasteiger partial charge is 0.143 e. The number of hydrogen-bond acceptors (Lipinski definition) is 4. The van der Waals surface area contributed by atoms with Gasteiger partial charge in [-0.05, 0) is 18.6 Å². The molecule has 0 amide bonds. The van der Waals surface area contributed by atoms with Gasteiger partial charge in [0.05, 0.1) is 19.4 Å². The van der Waals surface area contributed by atoms with Gasteiger partial charge in [0.1, 0.15) is 5.75 Å². The molecule has 1 rings (SSSR count). The molecule has 0 fully saturated rings. The summed E-state index contributed by atoms with van der Waals surface area (Å²) in [5, 5.41) is 3.37. The number of nitrogens with one attached hydrogen (secondary N) is 1. The largest absolute Gasteiger partial charge is 0.495 e. The molecule has 1 unspecified atom stereocenters. The topological polar surface area (TPSA) is 56.5 Å². The monoisotopic (exact) mass is 224 g/mol. The molecule has 4 heteroatoms. The van der Waals surface area contributed by atoms with Crippen LogP contribution in [0.3, 0.4) is 0 Å². The fraction of sp³-hybridized carbons (Fsp3) is 0.500. The van der Waals surface area contributed by atoms with Gasteiger partial charge in [0.25, 0.3) is 0 Å². The third kappa shape index (κ3) is 3.31. The van der Waals surface area contributed by atoms with E-state index in [1.165, 1.54) is 0 Å². The molecular formula is C12H20N2O2. The second-order valence-corrected chi connectivity index (χ2v) is 3.66. The molecule has 0 bridgehead atoms. The lowest BCUT2D eigenvalue weighted by Crippen LogP contribution is -2.23. The van der Waals surface area contributed by atoms with Crippen LogP contribution in [0.15, 0.2) is 18.2 Å². The summed E-state index contributed by atoms with van der Waals surface area (Å²) in [5.74, 6) is 0.692. The van der Waals surface area contributed by atoms with Gasteiger partial charge in [-0.15, -0.1) is 0 Å². The molecule has 0 aliphatic heterocycles. The van der Waals surface area contributed by atoms with E-state index in [0.29, 0.717) is 24.1 Å². The van der Waals surface area contributed by atoms with Crippen LogP contribution in [0.5, 0.6) is 5.75 Å². The van der Waals surface area contributed by atoms with Crippen LogP contribution in [-0.4, -0.2) is 26.9 Å². The summed E-state index contributed by atoms with van der Waals surface area (Å²) in [6.07, 6.45) is 1.00. The van der Waals surface area contributed by atoms with Crippen LogP contribution in [0.4, 0.5) is 11.4 Å². The third-order valence-corrected chi connectivity index (χ3v) is 2.46. The fourth-order valence-corrected chi connectivity index (χ4v) is 1.50. The van der Waals surface area contributed by atoms with Crippen molar-refractivity contribution >= 4 is 11.4 Å². The predicted octanol–water partition coefficient (Wildman–Crippen LogP) is 2.11. The number of anilines is 2. The van der Waals surface area contributed by atoms with E-state index in [9.17, 15) is 0 Å². The molecule has 90 valence electrons. The van der Waals surface area contributed by atoms with Gasteiger partial charge in [0.2, 0.25) is 0 Å². The zero-order valence-corrected chi connectivity index (χ0v) is 10.1. The van der Waals surface area contributed by atoms with Crippen LogP contribution in [0.1, 0.15) is 13.3 Å². The molecule has 4 nitrogen and oxygen atoms in total. The summed E-state index contributed by atoms with van der Waals surface area (Å²) in [5.41, 5.74) is 7.39. The highest BCUT2D eigenvalue weighted by molar-refractivity contribution is 5.61. The maximum absolute atomic E-state index is 5.74. The second kappa shape index (κ2) is 6.23. The van der Waals surface area contributed by atoms with Crippen molar-refractivity contribution in [2.75, 3.05) is 31.9 Å². The first-order chi connectivity index (χ1) is 7.71. The Hall–Kier alpha value is -1.42. The van der Waals surface area contributed by atoms with Crippen LogP contribution in [0.2, 0.25) is 0 Å². The molecule has 0 saturated heterocycles. The van der Waals surface area contributed by atoms with Crippen molar-refractivity contribution in [3.8, 4) is 5.75 Å². The lowest BCUT2D eigenvalue weighted by Gasteiger charge is -2.18. The molecule has 1 aromatic rings. The Morgan fingerprint density at radius 1 is 1.38 bits per heavy atom. The maximum Gasteiger partial charge on any atom is 0.143 e. The SMILES string of the molecule is CCC(COC)Nc1ccc(N)c(OC)c1. The average molecular weight is 224 g/mol. The van der Waals surface area contributed by atoms with Crippen molar-refractivity contribution in [2.45, 2.75) is 19.4 Å². The number of ether oxygens (including phenoxy) is 2.